The molecule has 1 aromatic carbocycles. The molecular formula is C22H19N3O3S. The summed E-state index contributed by atoms with van der Waals surface area (Å²) in [4.78, 5) is 35.1. The summed E-state index contributed by atoms with van der Waals surface area (Å²) >= 11 is 1.30. The minimum absolute atomic E-state index is 0.122. The van der Waals surface area contributed by atoms with E-state index in [0.717, 1.165) is 11.1 Å². The highest BCUT2D eigenvalue weighted by atomic mass is 32.1. The third kappa shape index (κ3) is 3.34. The van der Waals surface area contributed by atoms with Gasteiger partial charge in [-0.1, -0.05) is 35.6 Å². The summed E-state index contributed by atoms with van der Waals surface area (Å²) in [6, 6.07) is 10.6. The number of para-hydroxylation sites is 1. The van der Waals surface area contributed by atoms with Crippen LogP contribution in [0.3, 0.4) is 0 Å². The van der Waals surface area contributed by atoms with Crippen molar-refractivity contribution in [1.29, 1.82) is 0 Å². The first-order valence-corrected chi connectivity index (χ1v) is 9.89. The highest BCUT2D eigenvalue weighted by Crippen LogP contribution is 2.35. The van der Waals surface area contributed by atoms with Crippen molar-refractivity contribution in [1.82, 2.24) is 9.55 Å². The molecule has 0 aliphatic carbocycles. The average Bonchev–Trinajstić information content (AvgIpc) is 3.02. The number of hydrogen-bond donors (Lipinski definition) is 0. The molecule has 4 rings (SSSR count). The van der Waals surface area contributed by atoms with Crippen LogP contribution in [0.25, 0.3) is 6.08 Å². The van der Waals surface area contributed by atoms with Crippen molar-refractivity contribution in [3.8, 4) is 5.75 Å². The van der Waals surface area contributed by atoms with Gasteiger partial charge in [-0.3, -0.25) is 19.1 Å². The minimum Gasteiger partial charge on any atom is -0.496 e. The van der Waals surface area contributed by atoms with Gasteiger partial charge in [0.1, 0.15) is 5.75 Å². The van der Waals surface area contributed by atoms with Crippen LogP contribution in [0.2, 0.25) is 0 Å². The molecule has 0 N–H and O–H groups in total. The van der Waals surface area contributed by atoms with Crippen LogP contribution in [-0.2, 0) is 4.79 Å². The number of thiazole rings is 1. The summed E-state index contributed by atoms with van der Waals surface area (Å²) in [6.07, 6.45) is 5.17. The number of hydrogen-bond acceptors (Lipinski definition) is 6. The molecule has 1 atom stereocenters. The number of methoxy groups -OCH3 is 1. The summed E-state index contributed by atoms with van der Waals surface area (Å²) in [5.74, 6) is 0.497. The number of ether oxygens (including phenoxy) is 1. The van der Waals surface area contributed by atoms with E-state index in [4.69, 9.17) is 4.74 Å². The Kier molecular flexibility index (Phi) is 4.98. The Balaban J connectivity index is 2.03. The van der Waals surface area contributed by atoms with Crippen molar-refractivity contribution in [3.63, 3.8) is 0 Å². The number of Topliss-reactive ketones (excluding diaryl/α,β-unsaturated/α-hetero) is 1. The quantitative estimate of drug-likeness (QED) is 0.667. The third-order valence-electron chi connectivity index (χ3n) is 4.82. The number of fused-ring (bicyclic) bond motifs is 1. The second-order valence-electron chi connectivity index (χ2n) is 6.67. The topological polar surface area (TPSA) is 73.6 Å². The number of pyridine rings is 1. The van der Waals surface area contributed by atoms with Gasteiger partial charge in [-0.15, -0.1) is 0 Å². The minimum atomic E-state index is -0.587. The Morgan fingerprint density at radius 3 is 2.72 bits per heavy atom. The fourth-order valence-electron chi connectivity index (χ4n) is 3.57. The third-order valence-corrected chi connectivity index (χ3v) is 5.80. The van der Waals surface area contributed by atoms with Crippen LogP contribution in [0.5, 0.6) is 5.75 Å². The molecule has 29 heavy (non-hydrogen) atoms. The Labute approximate surface area is 171 Å². The lowest BCUT2D eigenvalue weighted by Crippen LogP contribution is -2.39. The van der Waals surface area contributed by atoms with Gasteiger partial charge < -0.3 is 4.74 Å². The Hall–Kier alpha value is -3.32. The highest BCUT2D eigenvalue weighted by Gasteiger charge is 2.32. The molecule has 146 valence electrons. The maximum Gasteiger partial charge on any atom is 0.271 e. The number of allylic oxidation sites excluding steroid dienone is 2. The number of ketones is 1. The summed E-state index contributed by atoms with van der Waals surface area (Å²) in [6.45, 7) is 3.30. The fourth-order valence-corrected chi connectivity index (χ4v) is 4.62. The normalized spacial score (nSPS) is 16.4. The van der Waals surface area contributed by atoms with E-state index < -0.39 is 6.04 Å². The van der Waals surface area contributed by atoms with E-state index in [1.807, 2.05) is 36.4 Å². The SMILES string of the molecule is COc1ccccc1C1C(C(C)=O)=C(C)N=c2sc(=Cc3cccnc3)c(=O)n21. The van der Waals surface area contributed by atoms with Gasteiger partial charge in [-0.25, -0.2) is 4.99 Å². The molecule has 0 spiro atoms. The van der Waals surface area contributed by atoms with Crippen molar-refractivity contribution in [2.75, 3.05) is 7.11 Å². The maximum atomic E-state index is 13.4. The highest BCUT2D eigenvalue weighted by molar-refractivity contribution is 7.07. The Bertz CT molecular complexity index is 1300. The van der Waals surface area contributed by atoms with Gasteiger partial charge >= 0.3 is 0 Å². The van der Waals surface area contributed by atoms with E-state index in [-0.39, 0.29) is 11.3 Å². The summed E-state index contributed by atoms with van der Waals surface area (Å²) in [7, 11) is 1.58. The lowest BCUT2D eigenvalue weighted by atomic mass is 9.93. The molecule has 0 fully saturated rings. The molecule has 1 aliphatic heterocycles. The average molecular weight is 405 g/mol. The van der Waals surface area contributed by atoms with Gasteiger partial charge in [0.25, 0.3) is 5.56 Å². The molecule has 6 nitrogen and oxygen atoms in total. The summed E-state index contributed by atoms with van der Waals surface area (Å²) in [5, 5.41) is 0. The van der Waals surface area contributed by atoms with Crippen LogP contribution in [0.4, 0.5) is 0 Å². The monoisotopic (exact) mass is 405 g/mol. The van der Waals surface area contributed by atoms with Crippen molar-refractivity contribution < 1.29 is 9.53 Å². The second kappa shape index (κ2) is 7.60. The number of benzene rings is 1. The van der Waals surface area contributed by atoms with Gasteiger partial charge in [-0.2, -0.15) is 0 Å². The number of carbonyl (C=O) groups excluding carboxylic acids is 1. The van der Waals surface area contributed by atoms with Gasteiger partial charge in [0.05, 0.1) is 17.7 Å². The van der Waals surface area contributed by atoms with E-state index in [0.29, 0.717) is 26.4 Å². The largest absolute Gasteiger partial charge is 0.496 e. The lowest BCUT2D eigenvalue weighted by Gasteiger charge is -2.25. The zero-order chi connectivity index (χ0) is 20.5. The molecule has 0 amide bonds. The first-order valence-electron chi connectivity index (χ1n) is 9.07. The van der Waals surface area contributed by atoms with Crippen LogP contribution >= 0.6 is 11.3 Å². The van der Waals surface area contributed by atoms with E-state index in [1.165, 1.54) is 18.3 Å². The van der Waals surface area contributed by atoms with E-state index in [1.54, 1.807) is 37.1 Å². The molecular weight excluding hydrogens is 386 g/mol. The molecule has 3 heterocycles. The van der Waals surface area contributed by atoms with E-state index >= 15 is 0 Å². The molecule has 0 saturated carbocycles. The predicted molar refractivity (Wildman–Crippen MR) is 112 cm³/mol. The molecule has 7 heteroatoms. The van der Waals surface area contributed by atoms with Gasteiger partial charge in [0, 0.05) is 29.2 Å². The number of nitrogens with zero attached hydrogens (tertiary/aromatic N) is 3. The Morgan fingerprint density at radius 2 is 2.03 bits per heavy atom. The maximum absolute atomic E-state index is 13.4. The van der Waals surface area contributed by atoms with Gasteiger partial charge in [-0.05, 0) is 37.6 Å². The second-order valence-corrected chi connectivity index (χ2v) is 7.68. The zero-order valence-electron chi connectivity index (χ0n) is 16.2. The standard InChI is InChI=1S/C22H19N3O3S/c1-13-19(14(2)26)20(16-8-4-5-9-17(16)28-3)25-21(27)18(29-22(25)24-13)11-15-7-6-10-23-12-15/h4-12,20H,1-3H3. The van der Waals surface area contributed by atoms with Crippen LogP contribution in [-0.4, -0.2) is 22.4 Å². The molecule has 1 aliphatic rings. The van der Waals surface area contributed by atoms with Crippen LogP contribution in [0.1, 0.15) is 31.0 Å². The zero-order valence-corrected chi connectivity index (χ0v) is 17.1. The molecule has 0 saturated heterocycles. The summed E-state index contributed by atoms with van der Waals surface area (Å²) < 4.78 is 7.65. The fraction of sp³-hybridized carbons (Fsp3) is 0.182. The van der Waals surface area contributed by atoms with Crippen LogP contribution in [0, 0.1) is 0 Å². The van der Waals surface area contributed by atoms with Crippen molar-refractivity contribution in [2.24, 2.45) is 4.99 Å². The molecule has 2 aromatic heterocycles. The summed E-state index contributed by atoms with van der Waals surface area (Å²) in [5.41, 5.74) is 2.50. The van der Waals surface area contributed by atoms with Crippen molar-refractivity contribution >= 4 is 23.2 Å². The van der Waals surface area contributed by atoms with Gasteiger partial charge in [0.2, 0.25) is 0 Å². The van der Waals surface area contributed by atoms with E-state index in [9.17, 15) is 9.59 Å². The molecule has 1 unspecified atom stereocenters. The smallest absolute Gasteiger partial charge is 0.271 e. The first kappa shape index (κ1) is 19.0. The molecule has 0 radical (unpaired) electrons. The van der Waals surface area contributed by atoms with Crippen LogP contribution in [0.15, 0.2) is 69.8 Å². The first-order chi connectivity index (χ1) is 14.0. The number of aromatic nitrogens is 2. The number of carbonyl (C=O) groups is 1. The van der Waals surface area contributed by atoms with E-state index in [2.05, 4.69) is 9.98 Å². The molecule has 3 aromatic rings. The number of rotatable bonds is 4. The van der Waals surface area contributed by atoms with Crippen LogP contribution < -0.4 is 19.6 Å². The Morgan fingerprint density at radius 1 is 1.24 bits per heavy atom. The van der Waals surface area contributed by atoms with Crippen molar-refractivity contribution in [3.05, 3.63) is 90.9 Å². The predicted octanol–water partition coefficient (Wildman–Crippen LogP) is 2.23. The van der Waals surface area contributed by atoms with Crippen molar-refractivity contribution in [2.45, 2.75) is 19.9 Å². The van der Waals surface area contributed by atoms with Gasteiger partial charge in [0.15, 0.2) is 10.6 Å². The lowest BCUT2D eigenvalue weighted by molar-refractivity contribution is -0.114. The molecule has 0 bridgehead atoms.